The molecule has 0 aromatic carbocycles. The maximum absolute atomic E-state index is 13.8. The predicted molar refractivity (Wildman–Crippen MR) is 112 cm³/mol. The van der Waals surface area contributed by atoms with E-state index in [0.29, 0.717) is 6.54 Å². The third kappa shape index (κ3) is 4.39. The number of aromatic nitrogens is 1. The van der Waals surface area contributed by atoms with Gasteiger partial charge >= 0.3 is 5.97 Å². The molecule has 4 aliphatic rings. The van der Waals surface area contributed by atoms with Crippen molar-refractivity contribution in [2.75, 3.05) is 11.9 Å². The van der Waals surface area contributed by atoms with Gasteiger partial charge in [-0.15, -0.1) is 0 Å². The van der Waals surface area contributed by atoms with Gasteiger partial charge in [0, 0.05) is 24.4 Å². The average molecular weight is 435 g/mol. The van der Waals surface area contributed by atoms with Gasteiger partial charge in [-0.3, -0.25) is 9.59 Å². The van der Waals surface area contributed by atoms with E-state index < -0.39 is 29.9 Å². The quantitative estimate of drug-likeness (QED) is 0.482. The molecule has 7 atom stereocenters. The minimum absolute atomic E-state index is 0.143. The number of nitrogens with zero attached hydrogens (tertiary/aromatic N) is 1. The standard InChI is InChI=1S/C22H31FN4O4/c1-2-13(23)8-14-15(9-25-20(14)24)19(28)16-10-31-22(26-16)27-18-12-5-3-4-11(6-7-12)17(18)21(29)30/h8,10-12,14-15,17-18,20,25H,2-7,9,24H2,1H3,(H,26,27)(H,29,30)/b13-8+/t11-,12-,14?,15?,17+,18+,20?/m1/s1. The number of ketones is 1. The van der Waals surface area contributed by atoms with Crippen LogP contribution in [0.25, 0.3) is 0 Å². The first-order valence-electron chi connectivity index (χ1n) is 11.2. The fraction of sp³-hybridized carbons (Fsp3) is 0.682. The van der Waals surface area contributed by atoms with Crippen molar-refractivity contribution >= 4 is 17.8 Å². The largest absolute Gasteiger partial charge is 0.481 e. The summed E-state index contributed by atoms with van der Waals surface area (Å²) in [5.41, 5.74) is 6.17. The number of carbonyl (C=O) groups excluding carboxylic acids is 1. The van der Waals surface area contributed by atoms with Gasteiger partial charge in [-0.1, -0.05) is 13.3 Å². The van der Waals surface area contributed by atoms with Crippen LogP contribution in [0.15, 0.2) is 22.6 Å². The molecule has 3 saturated carbocycles. The molecule has 0 radical (unpaired) electrons. The smallest absolute Gasteiger partial charge is 0.308 e. The lowest BCUT2D eigenvalue weighted by atomic mass is 9.72. The first kappa shape index (κ1) is 22.0. The summed E-state index contributed by atoms with van der Waals surface area (Å²) in [4.78, 5) is 29.3. The number of rotatable bonds is 7. The summed E-state index contributed by atoms with van der Waals surface area (Å²) in [6.07, 6.45) is 7.32. The molecule has 170 valence electrons. The van der Waals surface area contributed by atoms with Crippen LogP contribution in [0, 0.1) is 29.6 Å². The topological polar surface area (TPSA) is 130 Å². The first-order valence-corrected chi connectivity index (χ1v) is 11.2. The number of oxazole rings is 1. The fourth-order valence-corrected chi connectivity index (χ4v) is 5.61. The molecule has 1 aromatic rings. The molecule has 2 heterocycles. The van der Waals surface area contributed by atoms with Crippen LogP contribution in [0.5, 0.6) is 0 Å². The van der Waals surface area contributed by atoms with Crippen molar-refractivity contribution in [3.63, 3.8) is 0 Å². The minimum atomic E-state index is -0.796. The number of carboxylic acid groups (broad SMARTS) is 1. The highest BCUT2D eigenvalue weighted by atomic mass is 19.1. The molecule has 31 heavy (non-hydrogen) atoms. The molecule has 5 rings (SSSR count). The lowest BCUT2D eigenvalue weighted by Crippen LogP contribution is -2.46. The van der Waals surface area contributed by atoms with E-state index in [1.165, 1.54) is 12.3 Å². The minimum Gasteiger partial charge on any atom is -0.481 e. The van der Waals surface area contributed by atoms with Gasteiger partial charge in [0.1, 0.15) is 12.0 Å². The number of anilines is 1. The van der Waals surface area contributed by atoms with Crippen molar-refractivity contribution in [2.45, 2.75) is 57.7 Å². The van der Waals surface area contributed by atoms with Crippen LogP contribution >= 0.6 is 0 Å². The van der Waals surface area contributed by atoms with Crippen LogP contribution < -0.4 is 16.4 Å². The molecule has 2 bridgehead atoms. The van der Waals surface area contributed by atoms with Gasteiger partial charge in [0.05, 0.1) is 17.9 Å². The van der Waals surface area contributed by atoms with Crippen LogP contribution in [-0.2, 0) is 4.79 Å². The molecule has 5 N–H and O–H groups in total. The molecular weight excluding hydrogens is 403 g/mol. The summed E-state index contributed by atoms with van der Waals surface area (Å²) in [5.74, 6) is -2.45. The van der Waals surface area contributed by atoms with E-state index in [0.717, 1.165) is 32.1 Å². The lowest BCUT2D eigenvalue weighted by molar-refractivity contribution is -0.145. The molecule has 1 aromatic heterocycles. The summed E-state index contributed by atoms with van der Waals surface area (Å²) in [6.45, 7) is 2.04. The summed E-state index contributed by atoms with van der Waals surface area (Å²) in [7, 11) is 0. The highest BCUT2D eigenvalue weighted by molar-refractivity contribution is 5.97. The number of nitrogens with two attached hydrogens (primary N) is 1. The molecule has 0 amide bonds. The third-order valence-corrected chi connectivity index (χ3v) is 7.29. The monoisotopic (exact) mass is 434 g/mol. The number of fused-ring (bicyclic) bond motifs is 4. The van der Waals surface area contributed by atoms with E-state index in [4.69, 9.17) is 10.2 Å². The summed E-state index contributed by atoms with van der Waals surface area (Å²) >= 11 is 0. The molecule has 9 heteroatoms. The van der Waals surface area contributed by atoms with Crippen LogP contribution in [0.1, 0.15) is 55.9 Å². The van der Waals surface area contributed by atoms with Crippen LogP contribution in [0.2, 0.25) is 0 Å². The number of halogens is 1. The maximum Gasteiger partial charge on any atom is 0.308 e. The van der Waals surface area contributed by atoms with Crippen molar-refractivity contribution in [2.24, 2.45) is 35.3 Å². The van der Waals surface area contributed by atoms with Crippen molar-refractivity contribution < 1.29 is 23.5 Å². The molecule has 0 spiro atoms. The Kier molecular flexibility index (Phi) is 6.43. The first-order chi connectivity index (χ1) is 14.9. The Morgan fingerprint density at radius 2 is 2.10 bits per heavy atom. The lowest BCUT2D eigenvalue weighted by Gasteiger charge is -2.38. The van der Waals surface area contributed by atoms with Gasteiger partial charge in [-0.05, 0) is 50.0 Å². The predicted octanol–water partition coefficient (Wildman–Crippen LogP) is 2.93. The number of hydrogen-bond donors (Lipinski definition) is 4. The van der Waals surface area contributed by atoms with Crippen molar-refractivity contribution in [1.82, 2.24) is 10.3 Å². The van der Waals surface area contributed by atoms with Gasteiger partial charge in [-0.2, -0.15) is 4.98 Å². The molecule has 3 aliphatic carbocycles. The Morgan fingerprint density at radius 3 is 2.84 bits per heavy atom. The van der Waals surface area contributed by atoms with Crippen molar-refractivity contribution in [3.8, 4) is 0 Å². The van der Waals surface area contributed by atoms with E-state index in [1.807, 2.05) is 0 Å². The summed E-state index contributed by atoms with van der Waals surface area (Å²) in [6, 6.07) is -0.106. The number of Topliss-reactive ketones (excluding diaryl/α,β-unsaturated/α-hetero) is 1. The van der Waals surface area contributed by atoms with Gasteiger partial charge in [-0.25, -0.2) is 4.39 Å². The number of nitrogens with one attached hydrogen (secondary N) is 2. The molecule has 1 aliphatic heterocycles. The Hall–Kier alpha value is -2.26. The Labute approximate surface area is 180 Å². The summed E-state index contributed by atoms with van der Waals surface area (Å²) < 4.78 is 19.4. The molecule has 1 saturated heterocycles. The van der Waals surface area contributed by atoms with Crippen LogP contribution in [0.4, 0.5) is 10.4 Å². The Balaban J connectivity index is 1.50. The molecule has 4 fully saturated rings. The maximum atomic E-state index is 13.8. The SMILES string of the molecule is CC/C(F)=C\C1C(N)NCC1C(=O)c1coc(N[C@H]2[C@@H]3CCC[C@H](CC3)[C@@H]2C(=O)O)n1. The van der Waals surface area contributed by atoms with E-state index in [9.17, 15) is 19.1 Å². The third-order valence-electron chi connectivity index (χ3n) is 7.29. The number of carbonyl (C=O) groups is 2. The zero-order valence-corrected chi connectivity index (χ0v) is 17.7. The molecule has 8 nitrogen and oxygen atoms in total. The van der Waals surface area contributed by atoms with Gasteiger partial charge in [0.2, 0.25) is 0 Å². The van der Waals surface area contributed by atoms with E-state index in [-0.39, 0.29) is 47.6 Å². The van der Waals surface area contributed by atoms with Crippen molar-refractivity contribution in [1.29, 1.82) is 0 Å². The van der Waals surface area contributed by atoms with Gasteiger partial charge < -0.3 is 25.9 Å². The molecular formula is C22H31FN4O4. The molecule has 3 unspecified atom stereocenters. The Morgan fingerprint density at radius 1 is 1.35 bits per heavy atom. The van der Waals surface area contributed by atoms with Crippen LogP contribution in [0.3, 0.4) is 0 Å². The average Bonchev–Trinajstić information content (AvgIpc) is 3.22. The highest BCUT2D eigenvalue weighted by Gasteiger charge is 2.46. The van der Waals surface area contributed by atoms with Crippen LogP contribution in [-0.4, -0.2) is 40.6 Å². The number of carboxylic acids is 1. The zero-order chi connectivity index (χ0) is 22.1. The number of allylic oxidation sites excluding steroid dienone is 1. The normalized spacial score (nSPS) is 35.7. The second kappa shape index (κ2) is 9.08. The summed E-state index contributed by atoms with van der Waals surface area (Å²) in [5, 5.41) is 16.0. The van der Waals surface area contributed by atoms with Gasteiger partial charge in [0.25, 0.3) is 6.01 Å². The number of hydrogen-bond acceptors (Lipinski definition) is 7. The van der Waals surface area contributed by atoms with E-state index in [1.54, 1.807) is 6.92 Å². The highest BCUT2D eigenvalue weighted by Crippen LogP contribution is 2.44. The number of aliphatic carboxylic acids is 1. The van der Waals surface area contributed by atoms with E-state index in [2.05, 4.69) is 15.6 Å². The zero-order valence-electron chi connectivity index (χ0n) is 17.7. The van der Waals surface area contributed by atoms with E-state index >= 15 is 0 Å². The van der Waals surface area contributed by atoms with Gasteiger partial charge in [0.15, 0.2) is 5.78 Å². The van der Waals surface area contributed by atoms with Crippen molar-refractivity contribution in [3.05, 3.63) is 23.9 Å². The second-order valence-corrected chi connectivity index (χ2v) is 9.05. The Bertz CT molecular complexity index is 852. The second-order valence-electron chi connectivity index (χ2n) is 9.05. The fourth-order valence-electron chi connectivity index (χ4n) is 5.61.